The van der Waals surface area contributed by atoms with Crippen molar-refractivity contribution >= 4 is 11.3 Å². The van der Waals surface area contributed by atoms with E-state index in [4.69, 9.17) is 10.6 Å². The van der Waals surface area contributed by atoms with Crippen LogP contribution >= 0.6 is 11.3 Å². The first kappa shape index (κ1) is 12.0. The summed E-state index contributed by atoms with van der Waals surface area (Å²) >= 11 is 1.76. The highest BCUT2D eigenvalue weighted by atomic mass is 32.1. The van der Waals surface area contributed by atoms with Crippen LogP contribution in [0.2, 0.25) is 0 Å². The molecule has 1 aromatic heterocycles. The zero-order valence-corrected chi connectivity index (χ0v) is 10.3. The summed E-state index contributed by atoms with van der Waals surface area (Å²) in [5.41, 5.74) is 4.38. The highest BCUT2D eigenvalue weighted by molar-refractivity contribution is 7.07. The number of hydrazine groups is 1. The zero-order chi connectivity index (χ0) is 11.2. The van der Waals surface area contributed by atoms with Gasteiger partial charge >= 0.3 is 0 Å². The van der Waals surface area contributed by atoms with Crippen LogP contribution in [0.4, 0.5) is 0 Å². The van der Waals surface area contributed by atoms with Gasteiger partial charge < -0.3 is 4.74 Å². The largest absolute Gasteiger partial charge is 0.381 e. The molecule has 0 saturated carbocycles. The molecule has 1 aliphatic heterocycles. The van der Waals surface area contributed by atoms with E-state index < -0.39 is 0 Å². The summed E-state index contributed by atoms with van der Waals surface area (Å²) in [4.78, 5) is 0. The van der Waals surface area contributed by atoms with E-state index in [1.807, 2.05) is 0 Å². The van der Waals surface area contributed by atoms with Crippen molar-refractivity contribution in [3.05, 3.63) is 22.4 Å². The molecule has 0 bridgehead atoms. The predicted octanol–water partition coefficient (Wildman–Crippen LogP) is 1.94. The SMILES string of the molecule is NNC(CCc1ccsc1)C1CCCOC1. The molecule has 1 aromatic rings. The van der Waals surface area contributed by atoms with Gasteiger partial charge in [-0.05, 0) is 54.0 Å². The molecule has 3 nitrogen and oxygen atoms in total. The molecule has 2 heterocycles. The highest BCUT2D eigenvalue weighted by Gasteiger charge is 2.22. The molecule has 2 rings (SSSR count). The van der Waals surface area contributed by atoms with Gasteiger partial charge in [0.1, 0.15) is 0 Å². The van der Waals surface area contributed by atoms with Crippen molar-refractivity contribution < 1.29 is 4.74 Å². The van der Waals surface area contributed by atoms with Gasteiger partial charge in [-0.25, -0.2) is 0 Å². The van der Waals surface area contributed by atoms with Gasteiger partial charge in [-0.15, -0.1) is 0 Å². The fourth-order valence-electron chi connectivity index (χ4n) is 2.30. The number of nitrogens with one attached hydrogen (secondary N) is 1. The molecule has 0 amide bonds. The van der Waals surface area contributed by atoms with Crippen LogP contribution in [-0.4, -0.2) is 19.3 Å². The van der Waals surface area contributed by atoms with Crippen molar-refractivity contribution in [3.8, 4) is 0 Å². The van der Waals surface area contributed by atoms with Gasteiger partial charge in [0.15, 0.2) is 0 Å². The van der Waals surface area contributed by atoms with E-state index in [-0.39, 0.29) is 0 Å². The van der Waals surface area contributed by atoms with E-state index in [1.165, 1.54) is 18.4 Å². The lowest BCUT2D eigenvalue weighted by Gasteiger charge is -2.29. The Morgan fingerprint density at radius 3 is 3.19 bits per heavy atom. The molecule has 0 spiro atoms. The summed E-state index contributed by atoms with van der Waals surface area (Å²) in [6, 6.07) is 2.58. The van der Waals surface area contributed by atoms with E-state index in [2.05, 4.69) is 22.3 Å². The van der Waals surface area contributed by atoms with Crippen molar-refractivity contribution in [1.29, 1.82) is 0 Å². The summed E-state index contributed by atoms with van der Waals surface area (Å²) in [7, 11) is 0. The fourth-order valence-corrected chi connectivity index (χ4v) is 3.00. The Kier molecular flexibility index (Phi) is 4.78. The minimum absolute atomic E-state index is 0.389. The Hall–Kier alpha value is -0.420. The van der Waals surface area contributed by atoms with Crippen LogP contribution in [0.3, 0.4) is 0 Å². The minimum Gasteiger partial charge on any atom is -0.381 e. The van der Waals surface area contributed by atoms with Crippen LogP contribution in [0.25, 0.3) is 0 Å². The Morgan fingerprint density at radius 1 is 1.62 bits per heavy atom. The summed E-state index contributed by atoms with van der Waals surface area (Å²) in [5.74, 6) is 6.22. The van der Waals surface area contributed by atoms with Gasteiger partial charge in [0.2, 0.25) is 0 Å². The first-order valence-electron chi connectivity index (χ1n) is 5.95. The number of hydrogen-bond acceptors (Lipinski definition) is 4. The van der Waals surface area contributed by atoms with Gasteiger partial charge in [-0.3, -0.25) is 11.3 Å². The smallest absolute Gasteiger partial charge is 0.0509 e. The molecular weight excluding hydrogens is 220 g/mol. The molecule has 3 N–H and O–H groups in total. The molecular formula is C12H20N2OS. The summed E-state index contributed by atoms with van der Waals surface area (Å²) in [6.45, 7) is 1.77. The number of thiophene rings is 1. The Labute approximate surface area is 101 Å². The van der Waals surface area contributed by atoms with Crippen molar-refractivity contribution in [1.82, 2.24) is 5.43 Å². The lowest BCUT2D eigenvalue weighted by atomic mass is 9.90. The maximum Gasteiger partial charge on any atom is 0.0509 e. The van der Waals surface area contributed by atoms with E-state index in [0.29, 0.717) is 12.0 Å². The van der Waals surface area contributed by atoms with E-state index >= 15 is 0 Å². The van der Waals surface area contributed by atoms with Crippen LogP contribution < -0.4 is 11.3 Å². The Morgan fingerprint density at radius 2 is 2.56 bits per heavy atom. The van der Waals surface area contributed by atoms with Crippen molar-refractivity contribution in [3.63, 3.8) is 0 Å². The van der Waals surface area contributed by atoms with E-state index in [9.17, 15) is 0 Å². The van der Waals surface area contributed by atoms with Gasteiger partial charge in [0.05, 0.1) is 6.61 Å². The first-order valence-corrected chi connectivity index (χ1v) is 6.89. The standard InChI is InChI=1S/C12H20N2OS/c13-14-12(11-2-1-6-15-8-11)4-3-10-5-7-16-9-10/h5,7,9,11-12,14H,1-4,6,8,13H2. The van der Waals surface area contributed by atoms with E-state index in [1.54, 1.807) is 11.3 Å². The average molecular weight is 240 g/mol. The Balaban J connectivity index is 1.80. The molecule has 16 heavy (non-hydrogen) atoms. The number of ether oxygens (including phenoxy) is 1. The number of aryl methyl sites for hydroxylation is 1. The van der Waals surface area contributed by atoms with Crippen molar-refractivity contribution in [2.45, 2.75) is 31.7 Å². The zero-order valence-electron chi connectivity index (χ0n) is 9.52. The van der Waals surface area contributed by atoms with Crippen LogP contribution in [0.5, 0.6) is 0 Å². The van der Waals surface area contributed by atoms with Gasteiger partial charge in [-0.2, -0.15) is 11.3 Å². The quantitative estimate of drug-likeness (QED) is 0.611. The molecule has 2 atom stereocenters. The minimum atomic E-state index is 0.389. The normalized spacial score (nSPS) is 23.2. The van der Waals surface area contributed by atoms with Crippen LogP contribution in [0.1, 0.15) is 24.8 Å². The second-order valence-electron chi connectivity index (χ2n) is 4.42. The third kappa shape index (κ3) is 3.28. The monoisotopic (exact) mass is 240 g/mol. The van der Waals surface area contributed by atoms with Crippen LogP contribution in [-0.2, 0) is 11.2 Å². The molecule has 1 saturated heterocycles. The van der Waals surface area contributed by atoms with Crippen LogP contribution in [0.15, 0.2) is 16.8 Å². The van der Waals surface area contributed by atoms with Gasteiger partial charge in [0, 0.05) is 12.6 Å². The molecule has 1 aliphatic rings. The maximum absolute atomic E-state index is 5.64. The molecule has 0 aliphatic carbocycles. The molecule has 0 aromatic carbocycles. The molecule has 90 valence electrons. The fraction of sp³-hybridized carbons (Fsp3) is 0.667. The average Bonchev–Trinajstić information content (AvgIpc) is 2.84. The third-order valence-corrected chi connectivity index (χ3v) is 4.03. The number of hydrogen-bond donors (Lipinski definition) is 2. The van der Waals surface area contributed by atoms with Crippen LogP contribution in [0, 0.1) is 5.92 Å². The second-order valence-corrected chi connectivity index (χ2v) is 5.20. The van der Waals surface area contributed by atoms with Gasteiger partial charge in [0.25, 0.3) is 0 Å². The Bertz CT molecular complexity index is 283. The molecule has 2 unspecified atom stereocenters. The molecule has 1 fully saturated rings. The lowest BCUT2D eigenvalue weighted by Crippen LogP contribution is -2.44. The first-order chi connectivity index (χ1) is 7.90. The summed E-state index contributed by atoms with van der Waals surface area (Å²) < 4.78 is 5.51. The van der Waals surface area contributed by atoms with E-state index in [0.717, 1.165) is 26.1 Å². The topological polar surface area (TPSA) is 47.3 Å². The predicted molar refractivity (Wildman–Crippen MR) is 67.3 cm³/mol. The second kappa shape index (κ2) is 6.35. The maximum atomic E-state index is 5.64. The molecule has 0 radical (unpaired) electrons. The lowest BCUT2D eigenvalue weighted by molar-refractivity contribution is 0.0380. The van der Waals surface area contributed by atoms with Crippen molar-refractivity contribution in [2.24, 2.45) is 11.8 Å². The molecule has 4 heteroatoms. The third-order valence-electron chi connectivity index (χ3n) is 3.30. The highest BCUT2D eigenvalue weighted by Crippen LogP contribution is 2.20. The number of nitrogens with two attached hydrogens (primary N) is 1. The summed E-state index contributed by atoms with van der Waals surface area (Å²) in [6.07, 6.45) is 4.61. The van der Waals surface area contributed by atoms with Crippen molar-refractivity contribution in [2.75, 3.05) is 13.2 Å². The van der Waals surface area contributed by atoms with Gasteiger partial charge in [-0.1, -0.05) is 0 Å². The summed E-state index contributed by atoms with van der Waals surface area (Å²) in [5, 5.41) is 4.34. The number of rotatable bonds is 5.